The summed E-state index contributed by atoms with van der Waals surface area (Å²) in [5.74, 6) is 0.350. The van der Waals surface area contributed by atoms with Crippen LogP contribution in [0.15, 0.2) is 24.3 Å². The van der Waals surface area contributed by atoms with Crippen molar-refractivity contribution in [2.75, 3.05) is 6.54 Å². The molecule has 1 heterocycles. The van der Waals surface area contributed by atoms with Gasteiger partial charge in [0.05, 0.1) is 0 Å². The van der Waals surface area contributed by atoms with Gasteiger partial charge in [-0.25, -0.2) is 0 Å². The first-order valence-corrected chi connectivity index (χ1v) is 8.06. The van der Waals surface area contributed by atoms with E-state index in [2.05, 4.69) is 30.4 Å². The Morgan fingerprint density at radius 2 is 1.78 bits per heavy atom. The molecule has 0 unspecified atom stereocenters. The molecule has 2 rings (SSSR count). The van der Waals surface area contributed by atoms with E-state index in [0.717, 1.165) is 25.8 Å². The smallest absolute Gasteiger partial charge is 0.490 e. The second kappa shape index (κ2) is 7.43. The van der Waals surface area contributed by atoms with Crippen LogP contribution in [0.1, 0.15) is 40.0 Å². The van der Waals surface area contributed by atoms with Crippen molar-refractivity contribution in [1.29, 1.82) is 0 Å². The second-order valence-corrected chi connectivity index (χ2v) is 6.18. The Kier molecular flexibility index (Phi) is 5.79. The van der Waals surface area contributed by atoms with E-state index < -0.39 is 6.36 Å². The highest BCUT2D eigenvalue weighted by atomic mass is 19.4. The van der Waals surface area contributed by atoms with Crippen molar-refractivity contribution >= 4 is 0 Å². The van der Waals surface area contributed by atoms with Crippen LogP contribution in [0.5, 0.6) is 11.5 Å². The van der Waals surface area contributed by atoms with Crippen molar-refractivity contribution < 1.29 is 22.6 Å². The molecule has 3 nitrogen and oxygen atoms in total. The van der Waals surface area contributed by atoms with Gasteiger partial charge in [-0.05, 0) is 57.4 Å². The standard InChI is InChI=1S/C17H24F3NO2/c1-4-13-11-16(9-10-21(13)12(2)3)22-14-5-7-15(8-6-14)23-17(18,19)20/h5-8,12-13,16H,4,9-11H2,1-3H3/t13-,16-/m1/s1. The summed E-state index contributed by atoms with van der Waals surface area (Å²) in [6.45, 7) is 7.55. The van der Waals surface area contributed by atoms with Crippen molar-refractivity contribution in [1.82, 2.24) is 4.90 Å². The maximum Gasteiger partial charge on any atom is 0.573 e. The van der Waals surface area contributed by atoms with Crippen molar-refractivity contribution in [3.63, 3.8) is 0 Å². The molecule has 1 fully saturated rings. The van der Waals surface area contributed by atoms with Gasteiger partial charge in [-0.1, -0.05) is 6.92 Å². The molecule has 1 aliphatic rings. The highest BCUT2D eigenvalue weighted by Crippen LogP contribution is 2.28. The number of piperidine rings is 1. The first-order chi connectivity index (χ1) is 10.8. The van der Waals surface area contributed by atoms with Crippen molar-refractivity contribution in [2.24, 2.45) is 0 Å². The molecule has 130 valence electrons. The largest absolute Gasteiger partial charge is 0.573 e. The molecule has 23 heavy (non-hydrogen) atoms. The third kappa shape index (κ3) is 5.30. The van der Waals surface area contributed by atoms with Gasteiger partial charge < -0.3 is 9.47 Å². The van der Waals surface area contributed by atoms with Crippen LogP contribution in [-0.2, 0) is 0 Å². The van der Waals surface area contributed by atoms with Gasteiger partial charge in [-0.2, -0.15) is 0 Å². The van der Waals surface area contributed by atoms with Crippen LogP contribution in [0.2, 0.25) is 0 Å². The van der Waals surface area contributed by atoms with E-state index in [9.17, 15) is 13.2 Å². The summed E-state index contributed by atoms with van der Waals surface area (Å²) >= 11 is 0. The van der Waals surface area contributed by atoms with Gasteiger partial charge in [0.1, 0.15) is 17.6 Å². The molecule has 0 saturated carbocycles. The molecular formula is C17H24F3NO2. The zero-order valence-corrected chi connectivity index (χ0v) is 13.8. The van der Waals surface area contributed by atoms with Gasteiger partial charge in [-0.15, -0.1) is 13.2 Å². The average Bonchev–Trinajstić information content (AvgIpc) is 2.47. The molecule has 1 aliphatic heterocycles. The van der Waals surface area contributed by atoms with E-state index in [-0.39, 0.29) is 11.9 Å². The zero-order chi connectivity index (χ0) is 17.0. The highest BCUT2D eigenvalue weighted by molar-refractivity contribution is 5.31. The number of ether oxygens (including phenoxy) is 2. The topological polar surface area (TPSA) is 21.7 Å². The molecule has 0 amide bonds. The summed E-state index contributed by atoms with van der Waals surface area (Å²) in [5.41, 5.74) is 0. The molecular weight excluding hydrogens is 307 g/mol. The fourth-order valence-electron chi connectivity index (χ4n) is 3.13. The molecule has 0 spiro atoms. The molecule has 0 aliphatic carbocycles. The second-order valence-electron chi connectivity index (χ2n) is 6.18. The minimum Gasteiger partial charge on any atom is -0.490 e. The third-order valence-corrected chi connectivity index (χ3v) is 4.21. The third-order valence-electron chi connectivity index (χ3n) is 4.21. The van der Waals surface area contributed by atoms with Crippen LogP contribution in [0.25, 0.3) is 0 Å². The maximum atomic E-state index is 12.1. The number of alkyl halides is 3. The summed E-state index contributed by atoms with van der Waals surface area (Å²) in [6, 6.07) is 6.61. The number of hydrogen-bond acceptors (Lipinski definition) is 3. The lowest BCUT2D eigenvalue weighted by Crippen LogP contribution is -2.48. The summed E-state index contributed by atoms with van der Waals surface area (Å²) in [4.78, 5) is 2.49. The van der Waals surface area contributed by atoms with Crippen LogP contribution >= 0.6 is 0 Å². The minimum absolute atomic E-state index is 0.101. The first kappa shape index (κ1) is 17.9. The van der Waals surface area contributed by atoms with Gasteiger partial charge in [-0.3, -0.25) is 4.90 Å². The number of rotatable bonds is 5. The lowest BCUT2D eigenvalue weighted by atomic mass is 9.96. The molecule has 0 N–H and O–H groups in total. The van der Waals surface area contributed by atoms with Crippen molar-refractivity contribution in [2.45, 2.75) is 64.6 Å². The number of nitrogens with zero attached hydrogens (tertiary/aromatic N) is 1. The van der Waals surface area contributed by atoms with Gasteiger partial charge in [0, 0.05) is 18.6 Å². The molecule has 1 aromatic rings. The highest BCUT2D eigenvalue weighted by Gasteiger charge is 2.31. The number of halogens is 3. The van der Waals surface area contributed by atoms with E-state index in [1.165, 1.54) is 24.3 Å². The lowest BCUT2D eigenvalue weighted by Gasteiger charge is -2.41. The maximum absolute atomic E-state index is 12.1. The van der Waals surface area contributed by atoms with Crippen molar-refractivity contribution in [3.8, 4) is 11.5 Å². The van der Waals surface area contributed by atoms with Crippen LogP contribution < -0.4 is 9.47 Å². The predicted octanol–water partition coefficient (Wildman–Crippen LogP) is 4.62. The normalized spacial score (nSPS) is 23.1. The van der Waals surface area contributed by atoms with E-state index in [4.69, 9.17) is 4.74 Å². The molecule has 0 radical (unpaired) electrons. The van der Waals surface area contributed by atoms with Gasteiger partial charge >= 0.3 is 6.36 Å². The first-order valence-electron chi connectivity index (χ1n) is 8.06. The van der Waals surface area contributed by atoms with Gasteiger partial charge in [0.25, 0.3) is 0 Å². The van der Waals surface area contributed by atoms with E-state index in [0.29, 0.717) is 17.8 Å². The van der Waals surface area contributed by atoms with E-state index in [1.54, 1.807) is 0 Å². The number of benzene rings is 1. The SMILES string of the molecule is CC[C@@H]1C[C@H](Oc2ccc(OC(F)(F)F)cc2)CCN1C(C)C. The Labute approximate surface area is 135 Å². The van der Waals surface area contributed by atoms with Crippen LogP contribution in [0, 0.1) is 0 Å². The predicted molar refractivity (Wildman–Crippen MR) is 82.7 cm³/mol. The Hall–Kier alpha value is -1.43. The van der Waals surface area contributed by atoms with Gasteiger partial charge in [0.2, 0.25) is 0 Å². The minimum atomic E-state index is -4.67. The average molecular weight is 331 g/mol. The lowest BCUT2D eigenvalue weighted by molar-refractivity contribution is -0.274. The zero-order valence-electron chi connectivity index (χ0n) is 13.8. The summed E-state index contributed by atoms with van der Waals surface area (Å²) < 4.78 is 46.2. The number of hydrogen-bond donors (Lipinski definition) is 0. The molecule has 0 aromatic heterocycles. The Morgan fingerprint density at radius 1 is 1.17 bits per heavy atom. The Morgan fingerprint density at radius 3 is 2.30 bits per heavy atom. The molecule has 1 saturated heterocycles. The number of likely N-dealkylation sites (tertiary alicyclic amines) is 1. The molecule has 1 aromatic carbocycles. The summed E-state index contributed by atoms with van der Waals surface area (Å²) in [6.07, 6.45) is -1.63. The van der Waals surface area contributed by atoms with Crippen LogP contribution in [0.4, 0.5) is 13.2 Å². The Balaban J connectivity index is 1.92. The summed E-state index contributed by atoms with van der Waals surface area (Å²) in [7, 11) is 0. The Bertz CT molecular complexity index is 488. The summed E-state index contributed by atoms with van der Waals surface area (Å²) in [5, 5.41) is 0. The fourth-order valence-corrected chi connectivity index (χ4v) is 3.13. The fraction of sp³-hybridized carbons (Fsp3) is 0.647. The van der Waals surface area contributed by atoms with E-state index >= 15 is 0 Å². The van der Waals surface area contributed by atoms with Crippen molar-refractivity contribution in [3.05, 3.63) is 24.3 Å². The molecule has 6 heteroatoms. The van der Waals surface area contributed by atoms with Crippen LogP contribution in [-0.4, -0.2) is 36.0 Å². The van der Waals surface area contributed by atoms with Gasteiger partial charge in [0.15, 0.2) is 0 Å². The van der Waals surface area contributed by atoms with E-state index in [1.807, 2.05) is 0 Å². The molecule has 2 atom stereocenters. The quantitative estimate of drug-likeness (QED) is 0.786. The monoisotopic (exact) mass is 331 g/mol. The van der Waals surface area contributed by atoms with Crippen LogP contribution in [0.3, 0.4) is 0 Å². The molecule has 0 bridgehead atoms.